The molecule has 1 unspecified atom stereocenters. The van der Waals surface area contributed by atoms with E-state index in [4.69, 9.17) is 14.3 Å². The van der Waals surface area contributed by atoms with Gasteiger partial charge in [-0.25, -0.2) is 0 Å². The van der Waals surface area contributed by atoms with Crippen molar-refractivity contribution in [1.82, 2.24) is 14.7 Å². The van der Waals surface area contributed by atoms with E-state index in [1.807, 2.05) is 13.0 Å². The van der Waals surface area contributed by atoms with Crippen LogP contribution in [-0.4, -0.2) is 34.9 Å². The molecule has 136 valence electrons. The Kier molecular flexibility index (Phi) is 4.95. The molecule has 1 saturated carbocycles. The van der Waals surface area contributed by atoms with Gasteiger partial charge in [0.25, 0.3) is 0 Å². The van der Waals surface area contributed by atoms with Gasteiger partial charge in [0.1, 0.15) is 11.5 Å². The number of aryl methyl sites for hydroxylation is 1. The van der Waals surface area contributed by atoms with Crippen molar-refractivity contribution in [2.45, 2.75) is 58.2 Å². The number of ether oxygens (including phenoxy) is 1. The number of nitrogens with zero attached hydrogens (tertiary/aromatic N) is 3. The van der Waals surface area contributed by atoms with E-state index in [0.29, 0.717) is 5.92 Å². The molecule has 0 N–H and O–H groups in total. The molecule has 5 nitrogen and oxygen atoms in total. The highest BCUT2D eigenvalue weighted by atomic mass is 16.5. The summed E-state index contributed by atoms with van der Waals surface area (Å²) in [6.45, 7) is 6.56. The second-order valence-electron chi connectivity index (χ2n) is 7.75. The van der Waals surface area contributed by atoms with Gasteiger partial charge >= 0.3 is 0 Å². The summed E-state index contributed by atoms with van der Waals surface area (Å²) in [5, 5.41) is 4.95. The van der Waals surface area contributed by atoms with Crippen molar-refractivity contribution in [3.63, 3.8) is 0 Å². The molecule has 0 spiro atoms. The van der Waals surface area contributed by atoms with Crippen LogP contribution in [0, 0.1) is 12.8 Å². The largest absolute Gasteiger partial charge is 0.465 e. The molecule has 0 bridgehead atoms. The molecule has 1 aliphatic carbocycles. The topological polar surface area (TPSA) is 43.4 Å². The molecule has 4 rings (SSSR count). The highest BCUT2D eigenvalue weighted by Gasteiger charge is 2.29. The molecule has 1 aliphatic heterocycles. The van der Waals surface area contributed by atoms with Gasteiger partial charge in [0.15, 0.2) is 0 Å². The number of fused-ring (bicyclic) bond motifs is 1. The Morgan fingerprint density at radius 1 is 1.28 bits per heavy atom. The quantitative estimate of drug-likeness (QED) is 0.802. The Morgan fingerprint density at radius 2 is 2.12 bits per heavy atom. The summed E-state index contributed by atoms with van der Waals surface area (Å²) in [5.74, 6) is 3.17. The van der Waals surface area contributed by atoms with Gasteiger partial charge in [-0.1, -0.05) is 12.8 Å². The van der Waals surface area contributed by atoms with Gasteiger partial charge in [0.2, 0.25) is 0 Å². The van der Waals surface area contributed by atoms with Crippen molar-refractivity contribution in [3.05, 3.63) is 41.1 Å². The molecule has 25 heavy (non-hydrogen) atoms. The molecular weight excluding hydrogens is 314 g/mol. The van der Waals surface area contributed by atoms with Crippen LogP contribution in [0.4, 0.5) is 0 Å². The smallest absolute Gasteiger partial charge is 0.118 e. The maximum absolute atomic E-state index is 5.77. The monoisotopic (exact) mass is 343 g/mol. The van der Waals surface area contributed by atoms with E-state index in [2.05, 4.69) is 21.8 Å². The molecule has 0 amide bonds. The third-order valence-corrected chi connectivity index (χ3v) is 5.59. The molecule has 0 radical (unpaired) electrons. The van der Waals surface area contributed by atoms with Crippen LogP contribution < -0.4 is 0 Å². The predicted octanol–water partition coefficient (Wildman–Crippen LogP) is 3.72. The third kappa shape index (κ3) is 3.82. The highest BCUT2D eigenvalue weighted by molar-refractivity contribution is 5.25. The van der Waals surface area contributed by atoms with Gasteiger partial charge < -0.3 is 9.15 Å². The fraction of sp³-hybridized carbons (Fsp3) is 0.650. The van der Waals surface area contributed by atoms with Gasteiger partial charge in [-0.3, -0.25) is 9.58 Å². The zero-order valence-electron chi connectivity index (χ0n) is 15.4. The highest BCUT2D eigenvalue weighted by Crippen LogP contribution is 2.31. The van der Waals surface area contributed by atoms with Crippen LogP contribution in [-0.2, 0) is 24.4 Å². The minimum atomic E-state index is 0.342. The summed E-state index contributed by atoms with van der Waals surface area (Å²) >= 11 is 0. The minimum absolute atomic E-state index is 0.342. The van der Waals surface area contributed by atoms with Crippen molar-refractivity contribution in [2.24, 2.45) is 5.92 Å². The first kappa shape index (κ1) is 16.9. The molecule has 2 aromatic rings. The normalized spacial score (nSPS) is 21.8. The molecular formula is C20H29N3O2. The van der Waals surface area contributed by atoms with Crippen molar-refractivity contribution < 1.29 is 9.15 Å². The van der Waals surface area contributed by atoms with E-state index in [-0.39, 0.29) is 0 Å². The predicted molar refractivity (Wildman–Crippen MR) is 96.4 cm³/mol. The number of methoxy groups -OCH3 is 1. The maximum Gasteiger partial charge on any atom is 0.118 e. The lowest BCUT2D eigenvalue weighted by molar-refractivity contribution is 0.130. The van der Waals surface area contributed by atoms with Gasteiger partial charge in [0, 0.05) is 44.4 Å². The third-order valence-electron chi connectivity index (χ3n) is 5.59. The first-order chi connectivity index (χ1) is 12.2. The zero-order valence-corrected chi connectivity index (χ0v) is 15.4. The van der Waals surface area contributed by atoms with Crippen LogP contribution in [0.2, 0.25) is 0 Å². The van der Waals surface area contributed by atoms with Gasteiger partial charge in [-0.05, 0) is 37.8 Å². The first-order valence-corrected chi connectivity index (χ1v) is 9.54. The Hall–Kier alpha value is -1.59. The van der Waals surface area contributed by atoms with E-state index < -0.39 is 0 Å². The molecule has 3 heterocycles. The summed E-state index contributed by atoms with van der Waals surface area (Å²) in [7, 11) is 1.78. The van der Waals surface area contributed by atoms with E-state index >= 15 is 0 Å². The Bertz CT molecular complexity index is 700. The number of rotatable bonds is 6. The van der Waals surface area contributed by atoms with Crippen LogP contribution in [0.25, 0.3) is 0 Å². The zero-order chi connectivity index (χ0) is 17.2. The first-order valence-electron chi connectivity index (χ1n) is 9.54. The second kappa shape index (κ2) is 7.34. The lowest BCUT2D eigenvalue weighted by Crippen LogP contribution is -2.34. The van der Waals surface area contributed by atoms with Crippen LogP contribution in [0.15, 0.2) is 22.7 Å². The summed E-state index contributed by atoms with van der Waals surface area (Å²) in [4.78, 5) is 2.45. The van der Waals surface area contributed by atoms with E-state index in [9.17, 15) is 0 Å². The Labute approximate surface area is 149 Å². The molecule has 2 aliphatic rings. The van der Waals surface area contributed by atoms with Crippen LogP contribution in [0.3, 0.4) is 0 Å². The van der Waals surface area contributed by atoms with Crippen molar-refractivity contribution in [2.75, 3.05) is 20.3 Å². The van der Waals surface area contributed by atoms with Crippen LogP contribution in [0.5, 0.6) is 0 Å². The molecule has 1 fully saturated rings. The Morgan fingerprint density at radius 3 is 2.84 bits per heavy atom. The maximum atomic E-state index is 5.77. The average Bonchev–Trinajstić information content (AvgIpc) is 3.30. The molecule has 5 heteroatoms. The van der Waals surface area contributed by atoms with Gasteiger partial charge in [-0.2, -0.15) is 5.10 Å². The number of furan rings is 1. The molecule has 2 aromatic heterocycles. The summed E-state index contributed by atoms with van der Waals surface area (Å²) in [6.07, 6.45) is 7.75. The summed E-state index contributed by atoms with van der Waals surface area (Å²) in [6, 6.07) is 4.12. The average molecular weight is 343 g/mol. The number of aromatic nitrogens is 2. The fourth-order valence-corrected chi connectivity index (χ4v) is 4.44. The van der Waals surface area contributed by atoms with E-state index in [0.717, 1.165) is 50.2 Å². The van der Waals surface area contributed by atoms with Crippen LogP contribution >= 0.6 is 0 Å². The minimum Gasteiger partial charge on any atom is -0.465 e. The lowest BCUT2D eigenvalue weighted by atomic mass is 9.97. The van der Waals surface area contributed by atoms with E-state index in [1.54, 1.807) is 7.11 Å². The van der Waals surface area contributed by atoms with Crippen molar-refractivity contribution in [3.8, 4) is 0 Å². The lowest BCUT2D eigenvalue weighted by Gasteiger charge is -2.30. The van der Waals surface area contributed by atoms with Crippen molar-refractivity contribution >= 4 is 0 Å². The van der Waals surface area contributed by atoms with Crippen LogP contribution in [0.1, 0.15) is 54.4 Å². The van der Waals surface area contributed by atoms with E-state index in [1.165, 1.54) is 36.9 Å². The molecule has 0 saturated heterocycles. The SMILES string of the molecule is COCC1CN(Cc2ccc(C)o2)Cc2cn(CC3CCCC3)nc21. The fourth-order valence-electron chi connectivity index (χ4n) is 4.44. The molecule has 1 atom stereocenters. The standard InChI is InChI=1S/C20H29N3O2/c1-15-7-8-19(25-15)13-22-10-17-12-23(9-16-5-3-4-6-16)21-20(17)18(11-22)14-24-2/h7-8,12,16,18H,3-6,9-11,13-14H2,1-2H3. The number of hydrogen-bond donors (Lipinski definition) is 0. The van der Waals surface area contributed by atoms with Gasteiger partial charge in [0.05, 0.1) is 18.8 Å². The van der Waals surface area contributed by atoms with Crippen molar-refractivity contribution in [1.29, 1.82) is 0 Å². The molecule has 0 aromatic carbocycles. The Balaban J connectivity index is 1.50. The van der Waals surface area contributed by atoms with Gasteiger partial charge in [-0.15, -0.1) is 0 Å². The number of hydrogen-bond acceptors (Lipinski definition) is 4. The summed E-state index contributed by atoms with van der Waals surface area (Å²) in [5.41, 5.74) is 2.60. The second-order valence-corrected chi connectivity index (χ2v) is 7.75. The summed E-state index contributed by atoms with van der Waals surface area (Å²) < 4.78 is 13.5.